The molecule has 0 spiro atoms. The highest BCUT2D eigenvalue weighted by molar-refractivity contribution is 7.89. The van der Waals surface area contributed by atoms with Gasteiger partial charge in [0.05, 0.1) is 10.5 Å². The predicted octanol–water partition coefficient (Wildman–Crippen LogP) is 2.89. The number of alkyl halides is 3. The summed E-state index contributed by atoms with van der Waals surface area (Å²) in [5, 5.41) is 8.63. The van der Waals surface area contributed by atoms with Crippen LogP contribution in [0.15, 0.2) is 23.1 Å². The van der Waals surface area contributed by atoms with Crippen molar-refractivity contribution in [3.63, 3.8) is 0 Å². The van der Waals surface area contributed by atoms with Crippen molar-refractivity contribution in [1.82, 2.24) is 4.72 Å². The maximum atomic E-state index is 12.9. The fourth-order valence-electron chi connectivity index (χ4n) is 1.73. The summed E-state index contributed by atoms with van der Waals surface area (Å²) in [6, 6.07) is 0.650. The largest absolute Gasteiger partial charge is 0.480 e. The van der Waals surface area contributed by atoms with E-state index in [-0.39, 0.29) is 11.4 Å². The van der Waals surface area contributed by atoms with Gasteiger partial charge in [-0.3, -0.25) is 4.79 Å². The molecule has 1 aromatic carbocycles. The minimum Gasteiger partial charge on any atom is -0.480 e. The highest BCUT2D eigenvalue weighted by atomic mass is 35.5. The highest BCUT2D eigenvalue weighted by Gasteiger charge is 2.38. The van der Waals surface area contributed by atoms with Crippen LogP contribution in [0, 0.1) is 0 Å². The highest BCUT2D eigenvalue weighted by Crippen LogP contribution is 2.35. The second-order valence-corrected chi connectivity index (χ2v) is 6.56. The first-order chi connectivity index (χ1) is 9.99. The molecule has 0 fully saturated rings. The number of halogens is 4. The molecule has 0 aliphatic heterocycles. The van der Waals surface area contributed by atoms with Gasteiger partial charge in [0.1, 0.15) is 6.04 Å². The zero-order valence-electron chi connectivity index (χ0n) is 11.3. The number of rotatable bonds is 6. The maximum absolute atomic E-state index is 12.9. The molecule has 0 saturated carbocycles. The smallest absolute Gasteiger partial charge is 0.417 e. The quantitative estimate of drug-likeness (QED) is 0.818. The summed E-state index contributed by atoms with van der Waals surface area (Å²) >= 11 is 5.47. The van der Waals surface area contributed by atoms with Crippen LogP contribution in [0.3, 0.4) is 0 Å². The molecule has 1 atom stereocenters. The minimum atomic E-state index is -4.95. The number of benzene rings is 1. The van der Waals surface area contributed by atoms with Gasteiger partial charge in [0.2, 0.25) is 10.0 Å². The number of carboxylic acid groups (broad SMARTS) is 1. The lowest BCUT2D eigenvalue weighted by atomic mass is 10.2. The topological polar surface area (TPSA) is 83.5 Å². The van der Waals surface area contributed by atoms with E-state index in [1.54, 1.807) is 11.6 Å². The van der Waals surface area contributed by atoms with E-state index in [0.717, 1.165) is 6.07 Å². The van der Waals surface area contributed by atoms with Gasteiger partial charge in [0.15, 0.2) is 0 Å². The third-order valence-electron chi connectivity index (χ3n) is 2.71. The molecule has 1 unspecified atom stereocenters. The Morgan fingerprint density at radius 3 is 2.45 bits per heavy atom. The van der Waals surface area contributed by atoms with E-state index in [1.807, 2.05) is 0 Å². The second kappa shape index (κ2) is 6.84. The van der Waals surface area contributed by atoms with Gasteiger partial charge in [-0.2, -0.15) is 17.9 Å². The molecule has 22 heavy (non-hydrogen) atoms. The van der Waals surface area contributed by atoms with Gasteiger partial charge in [0.25, 0.3) is 0 Å². The third kappa shape index (κ3) is 4.59. The van der Waals surface area contributed by atoms with Crippen LogP contribution in [-0.2, 0) is 21.0 Å². The lowest BCUT2D eigenvalue weighted by Crippen LogP contribution is -2.41. The summed E-state index contributed by atoms with van der Waals surface area (Å²) in [4.78, 5) is 9.90. The lowest BCUT2D eigenvalue weighted by molar-refractivity contribution is -0.140. The minimum absolute atomic E-state index is 0.0521. The summed E-state index contributed by atoms with van der Waals surface area (Å²) < 4.78 is 64.7. The van der Waals surface area contributed by atoms with E-state index in [2.05, 4.69) is 0 Å². The summed E-state index contributed by atoms with van der Waals surface area (Å²) in [7, 11) is -4.67. The molecule has 0 bridgehead atoms. The van der Waals surface area contributed by atoms with E-state index in [1.165, 1.54) is 0 Å². The van der Waals surface area contributed by atoms with Crippen LogP contribution in [-0.4, -0.2) is 25.5 Å². The third-order valence-corrected chi connectivity index (χ3v) is 4.47. The van der Waals surface area contributed by atoms with Crippen molar-refractivity contribution in [3.05, 3.63) is 28.8 Å². The van der Waals surface area contributed by atoms with Crippen LogP contribution in [0.25, 0.3) is 0 Å². The molecule has 0 heterocycles. The number of sulfonamides is 1. The van der Waals surface area contributed by atoms with Gasteiger partial charge in [-0.25, -0.2) is 8.42 Å². The fourth-order valence-corrected chi connectivity index (χ4v) is 3.33. The molecule has 1 aromatic rings. The Bertz CT molecular complexity index is 661. The molecule has 0 aliphatic rings. The van der Waals surface area contributed by atoms with Gasteiger partial charge in [0, 0.05) is 5.02 Å². The standard InChI is InChI=1S/C12H13ClF3NO4S/c1-2-3-9(11(18)19)17-22(20,21)10-5-4-7(13)6-8(10)12(14,15)16/h4-6,9,17H,2-3H2,1H3,(H,18,19). The number of carbonyl (C=O) groups is 1. The Balaban J connectivity index is 3.31. The van der Waals surface area contributed by atoms with Crippen LogP contribution in [0.5, 0.6) is 0 Å². The van der Waals surface area contributed by atoms with Crippen molar-refractivity contribution >= 4 is 27.6 Å². The van der Waals surface area contributed by atoms with E-state index < -0.39 is 38.7 Å². The van der Waals surface area contributed by atoms with Crippen LogP contribution in [0.1, 0.15) is 25.3 Å². The Hall–Kier alpha value is -1.32. The molecule has 0 amide bonds. The normalized spacial score (nSPS) is 13.9. The van der Waals surface area contributed by atoms with Crippen molar-refractivity contribution in [1.29, 1.82) is 0 Å². The molecular formula is C12H13ClF3NO4S. The average Bonchev–Trinajstić information content (AvgIpc) is 2.36. The molecule has 2 N–H and O–H groups in total. The molecule has 5 nitrogen and oxygen atoms in total. The van der Waals surface area contributed by atoms with Crippen LogP contribution in [0.2, 0.25) is 5.02 Å². The maximum Gasteiger partial charge on any atom is 0.417 e. The van der Waals surface area contributed by atoms with Gasteiger partial charge in [-0.15, -0.1) is 0 Å². The lowest BCUT2D eigenvalue weighted by Gasteiger charge is -2.17. The molecule has 0 aliphatic carbocycles. The number of hydrogen-bond donors (Lipinski definition) is 2. The molecule has 10 heteroatoms. The first kappa shape index (κ1) is 18.7. The molecule has 0 aromatic heterocycles. The molecule has 124 valence electrons. The number of nitrogens with one attached hydrogen (secondary N) is 1. The molecular weight excluding hydrogens is 347 g/mol. The Morgan fingerprint density at radius 1 is 1.41 bits per heavy atom. The van der Waals surface area contributed by atoms with E-state index >= 15 is 0 Å². The second-order valence-electron chi connectivity index (χ2n) is 4.44. The molecule has 0 saturated heterocycles. The van der Waals surface area contributed by atoms with E-state index in [9.17, 15) is 26.4 Å². The van der Waals surface area contributed by atoms with Gasteiger partial charge >= 0.3 is 12.1 Å². The predicted molar refractivity (Wildman–Crippen MR) is 73.1 cm³/mol. The van der Waals surface area contributed by atoms with E-state index in [0.29, 0.717) is 18.6 Å². The summed E-state index contributed by atoms with van der Waals surface area (Å²) in [5.41, 5.74) is -1.45. The summed E-state index contributed by atoms with van der Waals surface area (Å²) in [6.45, 7) is 1.62. The monoisotopic (exact) mass is 359 g/mol. The summed E-state index contributed by atoms with van der Waals surface area (Å²) in [5.74, 6) is -1.46. The first-order valence-corrected chi connectivity index (χ1v) is 7.97. The van der Waals surface area contributed by atoms with Gasteiger partial charge < -0.3 is 5.11 Å². The summed E-state index contributed by atoms with van der Waals surface area (Å²) in [6.07, 6.45) is -4.66. The Morgan fingerprint density at radius 2 is 2.00 bits per heavy atom. The number of carboxylic acids is 1. The van der Waals surface area contributed by atoms with Gasteiger partial charge in [-0.05, 0) is 24.6 Å². The Labute approximate surface area is 130 Å². The average molecular weight is 360 g/mol. The van der Waals surface area contributed by atoms with Gasteiger partial charge in [-0.1, -0.05) is 24.9 Å². The SMILES string of the molecule is CCCC(NS(=O)(=O)c1ccc(Cl)cc1C(F)(F)F)C(=O)O. The Kier molecular flexibility index (Phi) is 5.82. The zero-order valence-corrected chi connectivity index (χ0v) is 12.9. The van der Waals surface area contributed by atoms with Crippen molar-refractivity contribution in [2.75, 3.05) is 0 Å². The first-order valence-electron chi connectivity index (χ1n) is 6.11. The van der Waals surface area contributed by atoms with Crippen molar-refractivity contribution in [3.8, 4) is 0 Å². The van der Waals surface area contributed by atoms with Crippen molar-refractivity contribution in [2.45, 2.75) is 36.9 Å². The van der Waals surface area contributed by atoms with Crippen LogP contribution in [0.4, 0.5) is 13.2 Å². The van der Waals surface area contributed by atoms with E-state index in [4.69, 9.17) is 16.7 Å². The van der Waals surface area contributed by atoms with Crippen molar-refractivity contribution in [2.24, 2.45) is 0 Å². The molecule has 0 radical (unpaired) electrons. The van der Waals surface area contributed by atoms with Crippen molar-refractivity contribution < 1.29 is 31.5 Å². The zero-order chi connectivity index (χ0) is 17.1. The number of hydrogen-bond acceptors (Lipinski definition) is 3. The molecule has 1 rings (SSSR count). The van der Waals surface area contributed by atoms with Crippen LogP contribution < -0.4 is 4.72 Å². The number of aliphatic carboxylic acids is 1. The van der Waals surface area contributed by atoms with Crippen LogP contribution >= 0.6 is 11.6 Å². The fraction of sp³-hybridized carbons (Fsp3) is 0.417.